The minimum Gasteiger partial charge on any atom is -0.462 e. The quantitative estimate of drug-likeness (QED) is 0.0144. The van der Waals surface area contributed by atoms with E-state index in [1.54, 1.807) is 13.8 Å². The highest BCUT2D eigenvalue weighted by Gasteiger charge is 2.48. The van der Waals surface area contributed by atoms with E-state index >= 15 is 0 Å². The number of ketones is 2. The Hall–Kier alpha value is -10.2. The standard InChI is InChI=1S/C90H138N4O31Si2/c1-23-69(95)35-37-87(55-113-71(97)25-3,51-111-53-89(59-115-73(99)27-5,60-116-74(100)28-6)61-117-75(101)29-7)57-121-79(105)91-67-43-83(13,14)49-85(17,45-67)93-81(107)123-65(11)47-109-39-33-41-126(19,20)125-127(21,22)42-34-40-110-48-66(12)124-82(108)94-86(18)46-68(44-84(15,16)50-86)92-80(106)122-58-88(38-36-70(96)24-2,56-114-72(98)26-4)52-112-54-90(62-118-76(102)30-8,63-119-77(103)31-9)64-120-78(104)32-10/h23-32,65-68H,1-10,33-64H2,11-22H3,(H,91,105)(H,92,106)(H,93,107)(H,94,108). The van der Waals surface area contributed by atoms with E-state index in [9.17, 15) is 67.1 Å². The van der Waals surface area contributed by atoms with Crippen LogP contribution in [0.15, 0.2) is 127 Å². The van der Waals surface area contributed by atoms with Crippen LogP contribution in [0.4, 0.5) is 19.2 Å². The van der Waals surface area contributed by atoms with Gasteiger partial charge in [0.25, 0.3) is 0 Å². The monoisotopic (exact) mass is 1830 g/mol. The maximum absolute atomic E-state index is 13.9. The second kappa shape index (κ2) is 54.9. The van der Waals surface area contributed by atoms with Crippen molar-refractivity contribution in [2.45, 2.75) is 206 Å². The Kier molecular flexibility index (Phi) is 48.8. The van der Waals surface area contributed by atoms with Crippen LogP contribution >= 0.6 is 0 Å². The second-order valence-corrected chi connectivity index (χ2v) is 44.8. The number of amides is 4. The predicted molar refractivity (Wildman–Crippen MR) is 473 cm³/mol. The van der Waals surface area contributed by atoms with Gasteiger partial charge in [-0.1, -0.05) is 93.5 Å². The lowest BCUT2D eigenvalue weighted by Crippen LogP contribution is -2.58. The third kappa shape index (κ3) is 46.4. The summed E-state index contributed by atoms with van der Waals surface area (Å²) in [6, 6.07) is 0.508. The van der Waals surface area contributed by atoms with Crippen molar-refractivity contribution in [3.8, 4) is 0 Å². The zero-order chi connectivity index (χ0) is 95.9. The van der Waals surface area contributed by atoms with Crippen LogP contribution in [-0.4, -0.2) is 255 Å². The van der Waals surface area contributed by atoms with Crippen molar-refractivity contribution in [1.82, 2.24) is 21.3 Å². The van der Waals surface area contributed by atoms with Crippen LogP contribution in [-0.2, 0) is 128 Å². The predicted octanol–water partition coefficient (Wildman–Crippen LogP) is 11.5. The summed E-state index contributed by atoms with van der Waals surface area (Å²) in [6.45, 7) is 52.3. The fraction of sp³-hybridized carbons (Fsp3) is 0.622. The highest BCUT2D eigenvalue weighted by Crippen LogP contribution is 2.43. The third-order valence-corrected chi connectivity index (χ3v) is 28.1. The van der Waals surface area contributed by atoms with Crippen LogP contribution < -0.4 is 21.3 Å². The molecule has 712 valence electrons. The van der Waals surface area contributed by atoms with E-state index in [-0.39, 0.29) is 51.7 Å². The molecule has 0 radical (unpaired) electrons. The van der Waals surface area contributed by atoms with Gasteiger partial charge in [-0.05, 0) is 153 Å². The molecule has 4 N–H and O–H groups in total. The molecule has 4 amide bonds. The molecule has 37 heteroatoms. The molecule has 0 aromatic rings. The molecule has 2 aliphatic rings. The molecule has 0 bridgehead atoms. The van der Waals surface area contributed by atoms with Gasteiger partial charge < -0.3 is 101 Å². The van der Waals surface area contributed by atoms with Crippen molar-refractivity contribution in [1.29, 1.82) is 0 Å². The number of carbonyl (C=O) groups excluding carboxylic acids is 14. The van der Waals surface area contributed by atoms with Crippen LogP contribution in [0.3, 0.4) is 0 Å². The first-order chi connectivity index (χ1) is 59.4. The van der Waals surface area contributed by atoms with Gasteiger partial charge in [-0.25, -0.2) is 57.5 Å². The molecule has 0 spiro atoms. The van der Waals surface area contributed by atoms with E-state index in [4.69, 9.17) is 79.9 Å². The van der Waals surface area contributed by atoms with E-state index in [1.807, 2.05) is 41.5 Å². The summed E-state index contributed by atoms with van der Waals surface area (Å²) in [4.78, 5) is 180. The van der Waals surface area contributed by atoms with Gasteiger partial charge in [0.2, 0.25) is 0 Å². The molecule has 127 heavy (non-hydrogen) atoms. The topological polar surface area (TPSA) is 444 Å². The zero-order valence-electron chi connectivity index (χ0n) is 76.4. The molecule has 8 unspecified atom stereocenters. The molecule has 0 saturated heterocycles. The zero-order valence-corrected chi connectivity index (χ0v) is 78.4. The van der Waals surface area contributed by atoms with Gasteiger partial charge in [0, 0.05) is 97.8 Å². The van der Waals surface area contributed by atoms with Crippen LogP contribution in [0, 0.1) is 32.5 Å². The molecule has 2 fully saturated rings. The van der Waals surface area contributed by atoms with Gasteiger partial charge in [-0.15, -0.1) is 0 Å². The van der Waals surface area contributed by atoms with E-state index in [0.29, 0.717) is 51.7 Å². The number of hydrogen-bond donors (Lipinski definition) is 4. The maximum atomic E-state index is 13.9. The molecule has 35 nitrogen and oxygen atoms in total. The first-order valence-electron chi connectivity index (χ1n) is 41.9. The van der Waals surface area contributed by atoms with E-state index < -0.39 is 261 Å². The van der Waals surface area contributed by atoms with Gasteiger partial charge >= 0.3 is 72.1 Å². The Morgan fingerprint density at radius 1 is 0.346 bits per heavy atom. The van der Waals surface area contributed by atoms with Crippen molar-refractivity contribution in [2.24, 2.45) is 32.5 Å². The van der Waals surface area contributed by atoms with Gasteiger partial charge in [0.05, 0.1) is 61.3 Å². The average molecular weight is 1830 g/mol. The summed E-state index contributed by atoms with van der Waals surface area (Å²) < 4.78 is 97.6. The molecule has 2 rings (SSSR count). The normalized spacial score (nSPS) is 18.5. The molecule has 2 aliphatic carbocycles. The van der Waals surface area contributed by atoms with Gasteiger partial charge in [-0.3, -0.25) is 9.59 Å². The number of allylic oxidation sites excluding steroid dienone is 2. The summed E-state index contributed by atoms with van der Waals surface area (Å²) in [5.74, 6) is -7.68. The number of hydrogen-bond acceptors (Lipinski definition) is 31. The van der Waals surface area contributed by atoms with Crippen molar-refractivity contribution in [2.75, 3.05) is 119 Å². The molecule has 0 aromatic heterocycles. The summed E-state index contributed by atoms with van der Waals surface area (Å²) in [5, 5.41) is 11.9. The van der Waals surface area contributed by atoms with Crippen LogP contribution in [0.25, 0.3) is 0 Å². The molecule has 0 aromatic carbocycles. The number of esters is 8. The highest BCUT2D eigenvalue weighted by molar-refractivity contribution is 6.84. The molecule has 0 heterocycles. The lowest BCUT2D eigenvalue weighted by molar-refractivity contribution is -0.167. The van der Waals surface area contributed by atoms with Crippen LogP contribution in [0.1, 0.15) is 132 Å². The Morgan fingerprint density at radius 2 is 0.598 bits per heavy atom. The third-order valence-electron chi connectivity index (χ3n) is 20.6. The Bertz CT molecular complexity index is 3410. The van der Waals surface area contributed by atoms with Gasteiger partial charge in [0.1, 0.15) is 78.3 Å². The molecule has 0 aliphatic heterocycles. The smallest absolute Gasteiger partial charge is 0.407 e. The average Bonchev–Trinajstić information content (AvgIpc) is 0.802. The summed E-state index contributed by atoms with van der Waals surface area (Å²) in [6.07, 6.45) is 8.30. The fourth-order valence-corrected chi connectivity index (χ4v) is 23.9. The number of ether oxygens (including phenoxy) is 16. The Balaban J connectivity index is 2.03. The summed E-state index contributed by atoms with van der Waals surface area (Å²) in [7, 11) is -4.39. The summed E-state index contributed by atoms with van der Waals surface area (Å²) >= 11 is 0. The molecular formula is C90H138N4O31Si2. The van der Waals surface area contributed by atoms with Crippen molar-refractivity contribution >= 4 is 100 Å². The number of rotatable bonds is 64. The number of alkyl carbamates (subject to hydrolysis) is 4. The Labute approximate surface area is 749 Å². The van der Waals surface area contributed by atoms with Crippen LogP contribution in [0.5, 0.6) is 0 Å². The number of carbonyl (C=O) groups is 14. The largest absolute Gasteiger partial charge is 0.462 e. The van der Waals surface area contributed by atoms with Crippen molar-refractivity contribution in [3.63, 3.8) is 0 Å². The SMILES string of the molecule is C=CC(=O)CCC(COCC(COC(=O)C=C)(COC(=O)C=C)COC(=O)C=C)(COC(=O)C=C)COC(=O)NC1CC(C)(C)CC(C)(NC(=O)OC(C)COCCC[Si](C)(C)O[Si](C)(C)CCCOCC(C)OC(=O)NC2(C)CC(NC(=O)OCC(CCC(=O)C=C)(COCC(COC(=O)C=C)(COC(=O)C=C)COC(=O)C=C)COC(=O)C=C)CC(C)(C)C2)C1. The second-order valence-electron chi connectivity index (χ2n) is 35.9. The van der Waals surface area contributed by atoms with Crippen LogP contribution in [0.2, 0.25) is 38.3 Å². The molecule has 8 atom stereocenters. The minimum atomic E-state index is -2.19. The highest BCUT2D eigenvalue weighted by atomic mass is 28.4. The first kappa shape index (κ1) is 113. The van der Waals surface area contributed by atoms with E-state index in [0.717, 1.165) is 72.8 Å². The first-order valence-corrected chi connectivity index (χ1v) is 48.2. The van der Waals surface area contributed by atoms with Gasteiger partial charge in [0.15, 0.2) is 28.2 Å². The summed E-state index contributed by atoms with van der Waals surface area (Å²) in [5.41, 5.74) is -8.70. The Morgan fingerprint density at radius 3 is 0.858 bits per heavy atom. The minimum absolute atomic E-state index is 0.0980. The van der Waals surface area contributed by atoms with Crippen molar-refractivity contribution < 1.29 is 147 Å². The fourth-order valence-electron chi connectivity index (χ4n) is 15.1. The van der Waals surface area contributed by atoms with Gasteiger partial charge in [-0.2, -0.15) is 0 Å². The lowest BCUT2D eigenvalue weighted by atomic mass is 9.67. The van der Waals surface area contributed by atoms with Crippen molar-refractivity contribution in [3.05, 3.63) is 127 Å². The number of nitrogens with one attached hydrogen (secondary N) is 4. The van der Waals surface area contributed by atoms with E-state index in [1.165, 1.54) is 0 Å². The lowest BCUT2D eigenvalue weighted by Gasteiger charge is -2.46. The molecular weight excluding hydrogens is 1690 g/mol. The maximum Gasteiger partial charge on any atom is 0.407 e. The molecule has 2 saturated carbocycles. The van der Waals surface area contributed by atoms with E-state index in [2.05, 4.69) is 113 Å².